The van der Waals surface area contributed by atoms with Crippen molar-refractivity contribution < 1.29 is 9.53 Å². The summed E-state index contributed by atoms with van der Waals surface area (Å²) in [6, 6.07) is 3.92. The van der Waals surface area contributed by atoms with E-state index in [0.717, 1.165) is 60.7 Å². The molecule has 1 aliphatic rings. The number of ether oxygens (including phenoxy) is 1. The summed E-state index contributed by atoms with van der Waals surface area (Å²) in [6.45, 7) is 6.58. The minimum Gasteiger partial charge on any atom is -0.496 e. The second-order valence-corrected chi connectivity index (χ2v) is 6.62. The Kier molecular flexibility index (Phi) is 5.00. The Morgan fingerprint density at radius 1 is 1.38 bits per heavy atom. The number of imidazole rings is 1. The first-order valence-corrected chi connectivity index (χ1v) is 8.48. The number of rotatable bonds is 5. The molecule has 1 aliphatic heterocycles. The number of nitrogens with zero attached hydrogens (tertiary/aromatic N) is 2. The van der Waals surface area contributed by atoms with Gasteiger partial charge >= 0.3 is 0 Å². The lowest BCUT2D eigenvalue weighted by atomic mass is 9.88. The molecule has 5 heteroatoms. The van der Waals surface area contributed by atoms with Gasteiger partial charge in [-0.25, -0.2) is 4.98 Å². The van der Waals surface area contributed by atoms with Gasteiger partial charge in [0.25, 0.3) is 0 Å². The summed E-state index contributed by atoms with van der Waals surface area (Å²) in [6.07, 6.45) is 5.61. The second kappa shape index (κ2) is 7.18. The van der Waals surface area contributed by atoms with Gasteiger partial charge in [-0.15, -0.1) is 0 Å². The van der Waals surface area contributed by atoms with Crippen LogP contribution in [0.4, 0.5) is 0 Å². The van der Waals surface area contributed by atoms with E-state index < -0.39 is 0 Å². The number of carbonyl (C=O) groups is 1. The molecule has 1 atom stereocenters. The van der Waals surface area contributed by atoms with Crippen molar-refractivity contribution in [2.24, 2.45) is 5.92 Å². The van der Waals surface area contributed by atoms with Gasteiger partial charge in [-0.05, 0) is 56.5 Å². The number of piperidine rings is 1. The highest BCUT2D eigenvalue weighted by Crippen LogP contribution is 2.28. The van der Waals surface area contributed by atoms with E-state index in [0.29, 0.717) is 0 Å². The molecular formula is C19H25N3O2. The maximum absolute atomic E-state index is 13.0. The largest absolute Gasteiger partial charge is 0.496 e. The second-order valence-electron chi connectivity index (χ2n) is 6.62. The Hall–Kier alpha value is -2.14. The van der Waals surface area contributed by atoms with Gasteiger partial charge in [-0.1, -0.05) is 0 Å². The smallest absolute Gasteiger partial charge is 0.167 e. The number of hydrogen-bond donors (Lipinski definition) is 1. The highest BCUT2D eigenvalue weighted by atomic mass is 16.5. The van der Waals surface area contributed by atoms with Gasteiger partial charge in [0.15, 0.2) is 5.78 Å². The fourth-order valence-corrected chi connectivity index (χ4v) is 3.66. The van der Waals surface area contributed by atoms with Crippen LogP contribution in [0.3, 0.4) is 0 Å². The van der Waals surface area contributed by atoms with Crippen LogP contribution in [-0.4, -0.2) is 40.9 Å². The van der Waals surface area contributed by atoms with E-state index in [2.05, 4.69) is 14.9 Å². The van der Waals surface area contributed by atoms with Crippen LogP contribution in [0.25, 0.3) is 0 Å². The average molecular weight is 327 g/mol. The number of benzene rings is 1. The maximum Gasteiger partial charge on any atom is 0.167 e. The van der Waals surface area contributed by atoms with Crippen LogP contribution in [0.5, 0.6) is 5.75 Å². The Labute approximate surface area is 143 Å². The Morgan fingerprint density at radius 3 is 2.75 bits per heavy atom. The van der Waals surface area contributed by atoms with Crippen molar-refractivity contribution in [2.75, 3.05) is 20.2 Å². The number of Topliss-reactive ketones (excluding diaryl/α,β-unsaturated/α-hetero) is 1. The molecule has 1 saturated heterocycles. The topological polar surface area (TPSA) is 58.2 Å². The first-order valence-electron chi connectivity index (χ1n) is 8.48. The SMILES string of the molecule is COc1c(C)cc(C(=O)[C@@H]2CCCN(Cc3ncc[nH]3)C2)cc1C. The molecular weight excluding hydrogens is 302 g/mol. The third kappa shape index (κ3) is 3.51. The normalized spacial score (nSPS) is 18.5. The molecule has 0 unspecified atom stereocenters. The summed E-state index contributed by atoms with van der Waals surface area (Å²) < 4.78 is 5.40. The molecule has 5 nitrogen and oxygen atoms in total. The van der Waals surface area contributed by atoms with E-state index in [9.17, 15) is 4.79 Å². The number of H-pyrrole nitrogens is 1. The lowest BCUT2D eigenvalue weighted by molar-refractivity contribution is 0.0808. The molecule has 0 amide bonds. The van der Waals surface area contributed by atoms with E-state index >= 15 is 0 Å². The fraction of sp³-hybridized carbons (Fsp3) is 0.474. The number of hydrogen-bond acceptors (Lipinski definition) is 4. The zero-order valence-corrected chi connectivity index (χ0v) is 14.6. The molecule has 0 bridgehead atoms. The van der Waals surface area contributed by atoms with Crippen molar-refractivity contribution in [2.45, 2.75) is 33.2 Å². The van der Waals surface area contributed by atoms with Crippen LogP contribution in [0, 0.1) is 19.8 Å². The van der Waals surface area contributed by atoms with E-state index in [1.165, 1.54) is 0 Å². The van der Waals surface area contributed by atoms with Crippen molar-refractivity contribution in [3.63, 3.8) is 0 Å². The lowest BCUT2D eigenvalue weighted by Crippen LogP contribution is -2.38. The van der Waals surface area contributed by atoms with Crippen LogP contribution in [0.2, 0.25) is 0 Å². The molecule has 1 aromatic carbocycles. The summed E-state index contributed by atoms with van der Waals surface area (Å²) in [4.78, 5) is 22.7. The first kappa shape index (κ1) is 16.7. The molecule has 3 rings (SSSR count). The van der Waals surface area contributed by atoms with E-state index in [4.69, 9.17) is 4.74 Å². The van der Waals surface area contributed by atoms with Crippen LogP contribution in [-0.2, 0) is 6.54 Å². The van der Waals surface area contributed by atoms with Crippen molar-refractivity contribution >= 4 is 5.78 Å². The van der Waals surface area contributed by atoms with Gasteiger partial charge in [0.2, 0.25) is 0 Å². The van der Waals surface area contributed by atoms with Crippen molar-refractivity contribution in [1.29, 1.82) is 0 Å². The molecule has 1 aromatic heterocycles. The molecule has 0 aliphatic carbocycles. The van der Waals surface area contributed by atoms with Gasteiger partial charge in [-0.3, -0.25) is 9.69 Å². The fourth-order valence-electron chi connectivity index (χ4n) is 3.66. The quantitative estimate of drug-likeness (QED) is 0.857. The molecule has 0 saturated carbocycles. The number of aryl methyl sites for hydroxylation is 2. The van der Waals surface area contributed by atoms with Crippen LogP contribution < -0.4 is 4.74 Å². The highest BCUT2D eigenvalue weighted by Gasteiger charge is 2.27. The summed E-state index contributed by atoms with van der Waals surface area (Å²) >= 11 is 0. The third-order valence-corrected chi connectivity index (χ3v) is 4.75. The van der Waals surface area contributed by atoms with E-state index in [1.54, 1.807) is 13.3 Å². The predicted molar refractivity (Wildman–Crippen MR) is 93.4 cm³/mol. The molecule has 0 radical (unpaired) electrons. The van der Waals surface area contributed by atoms with Gasteiger partial charge in [0, 0.05) is 30.4 Å². The Morgan fingerprint density at radius 2 is 2.12 bits per heavy atom. The Bertz CT molecular complexity index is 686. The van der Waals surface area contributed by atoms with Crippen LogP contribution >= 0.6 is 0 Å². The number of likely N-dealkylation sites (tertiary alicyclic amines) is 1. The molecule has 128 valence electrons. The molecule has 24 heavy (non-hydrogen) atoms. The standard InChI is InChI=1S/C19H25N3O2/c1-13-9-16(10-14(2)19(13)24-3)18(23)15-5-4-8-22(11-15)12-17-20-6-7-21-17/h6-7,9-10,15H,4-5,8,11-12H2,1-3H3,(H,20,21)/t15-/m1/s1. The van der Waals surface area contributed by atoms with Crippen LogP contribution in [0.1, 0.15) is 40.2 Å². The number of ketones is 1. The van der Waals surface area contributed by atoms with Gasteiger partial charge in [-0.2, -0.15) is 0 Å². The predicted octanol–water partition coefficient (Wildman–Crippen LogP) is 3.13. The van der Waals surface area contributed by atoms with E-state index in [-0.39, 0.29) is 11.7 Å². The Balaban J connectivity index is 1.72. The maximum atomic E-state index is 13.0. The molecule has 0 spiro atoms. The van der Waals surface area contributed by atoms with Crippen molar-refractivity contribution in [3.05, 3.63) is 47.0 Å². The molecule has 1 N–H and O–H groups in total. The average Bonchev–Trinajstić information content (AvgIpc) is 3.07. The number of nitrogens with one attached hydrogen (secondary N) is 1. The number of methoxy groups -OCH3 is 1. The summed E-state index contributed by atoms with van der Waals surface area (Å²) in [5.41, 5.74) is 2.84. The minimum absolute atomic E-state index is 0.0564. The number of carbonyl (C=O) groups excluding carboxylic acids is 1. The van der Waals surface area contributed by atoms with E-state index in [1.807, 2.05) is 32.2 Å². The summed E-state index contributed by atoms with van der Waals surface area (Å²) in [5, 5.41) is 0. The lowest BCUT2D eigenvalue weighted by Gasteiger charge is -2.31. The highest BCUT2D eigenvalue weighted by molar-refractivity contribution is 5.98. The van der Waals surface area contributed by atoms with Gasteiger partial charge in [0.1, 0.15) is 11.6 Å². The minimum atomic E-state index is 0.0564. The third-order valence-electron chi connectivity index (χ3n) is 4.75. The number of aromatic nitrogens is 2. The van der Waals surface area contributed by atoms with Crippen molar-refractivity contribution in [3.8, 4) is 5.75 Å². The number of aromatic amines is 1. The van der Waals surface area contributed by atoms with Crippen molar-refractivity contribution in [1.82, 2.24) is 14.9 Å². The summed E-state index contributed by atoms with van der Waals surface area (Å²) in [5.74, 6) is 2.13. The van der Waals surface area contributed by atoms with Gasteiger partial charge < -0.3 is 9.72 Å². The monoisotopic (exact) mass is 327 g/mol. The zero-order valence-electron chi connectivity index (χ0n) is 14.6. The zero-order chi connectivity index (χ0) is 17.1. The first-order chi connectivity index (χ1) is 11.6. The van der Waals surface area contributed by atoms with Gasteiger partial charge in [0.05, 0.1) is 13.7 Å². The van der Waals surface area contributed by atoms with Crippen LogP contribution in [0.15, 0.2) is 24.5 Å². The molecule has 2 aromatic rings. The summed E-state index contributed by atoms with van der Waals surface area (Å²) in [7, 11) is 1.67. The molecule has 2 heterocycles. The molecule has 1 fully saturated rings.